The highest BCUT2D eigenvalue weighted by Gasteiger charge is 2.17. The van der Waals surface area contributed by atoms with E-state index in [0.717, 1.165) is 0 Å². The Morgan fingerprint density at radius 3 is 2.60 bits per heavy atom. The summed E-state index contributed by atoms with van der Waals surface area (Å²) in [5.41, 5.74) is 0.389. The van der Waals surface area contributed by atoms with Gasteiger partial charge in [0, 0.05) is 11.9 Å². The summed E-state index contributed by atoms with van der Waals surface area (Å²) >= 11 is 5.61. The molecular formula is C12H16ClNO5S. The van der Waals surface area contributed by atoms with Crippen molar-refractivity contribution in [2.24, 2.45) is 0 Å². The maximum Gasteiger partial charge on any atom is 0.311 e. The average Bonchev–Trinajstić information content (AvgIpc) is 2.38. The van der Waals surface area contributed by atoms with E-state index in [1.807, 2.05) is 0 Å². The largest absolute Gasteiger partial charge is 0.486 e. The molecule has 0 aromatic heterocycles. The van der Waals surface area contributed by atoms with Gasteiger partial charge in [-0.15, -0.1) is 11.6 Å². The van der Waals surface area contributed by atoms with Gasteiger partial charge in [0.25, 0.3) is 0 Å². The van der Waals surface area contributed by atoms with Gasteiger partial charge < -0.3 is 4.74 Å². The van der Waals surface area contributed by atoms with Crippen LogP contribution in [0.3, 0.4) is 0 Å². The van der Waals surface area contributed by atoms with Crippen molar-refractivity contribution in [2.45, 2.75) is 19.2 Å². The summed E-state index contributed by atoms with van der Waals surface area (Å²) in [6.45, 7) is 1.66. The molecule has 112 valence electrons. The Morgan fingerprint density at radius 1 is 1.35 bits per heavy atom. The number of sulfone groups is 1. The Hall–Kier alpha value is -1.34. The molecule has 0 saturated heterocycles. The summed E-state index contributed by atoms with van der Waals surface area (Å²) in [6, 6.07) is 4.36. The number of benzene rings is 1. The predicted molar refractivity (Wildman–Crippen MR) is 77.1 cm³/mol. The fourth-order valence-electron chi connectivity index (χ4n) is 1.60. The van der Waals surface area contributed by atoms with Crippen LogP contribution in [0.15, 0.2) is 18.2 Å². The van der Waals surface area contributed by atoms with Crippen LogP contribution >= 0.6 is 11.6 Å². The molecule has 0 aliphatic carbocycles. The smallest absolute Gasteiger partial charge is 0.311 e. The summed E-state index contributed by atoms with van der Waals surface area (Å²) in [7, 11) is -3.16. The topological polar surface area (TPSA) is 86.5 Å². The van der Waals surface area contributed by atoms with Crippen LogP contribution < -0.4 is 4.74 Å². The van der Waals surface area contributed by atoms with Crippen LogP contribution in [-0.2, 0) is 15.7 Å². The van der Waals surface area contributed by atoms with Crippen LogP contribution in [0.2, 0.25) is 0 Å². The molecular weight excluding hydrogens is 306 g/mol. The van der Waals surface area contributed by atoms with Crippen molar-refractivity contribution in [1.82, 2.24) is 0 Å². The molecule has 0 bridgehead atoms. The average molecular weight is 322 g/mol. The van der Waals surface area contributed by atoms with Gasteiger partial charge in [-0.3, -0.25) is 10.1 Å². The van der Waals surface area contributed by atoms with Crippen molar-refractivity contribution in [3.05, 3.63) is 33.9 Å². The van der Waals surface area contributed by atoms with E-state index in [2.05, 4.69) is 0 Å². The van der Waals surface area contributed by atoms with Gasteiger partial charge in [-0.25, -0.2) is 8.42 Å². The van der Waals surface area contributed by atoms with Gasteiger partial charge in [0.1, 0.15) is 6.61 Å². The minimum absolute atomic E-state index is 0.0514. The van der Waals surface area contributed by atoms with Gasteiger partial charge in [0.15, 0.2) is 15.6 Å². The lowest BCUT2D eigenvalue weighted by Crippen LogP contribution is -2.17. The number of rotatable bonds is 8. The molecule has 0 fully saturated rings. The molecule has 1 rings (SSSR count). The molecule has 1 aromatic rings. The van der Waals surface area contributed by atoms with Crippen LogP contribution in [-0.4, -0.2) is 31.5 Å². The number of alkyl halides is 1. The quantitative estimate of drug-likeness (QED) is 0.417. The maximum atomic E-state index is 11.5. The fourth-order valence-corrected chi connectivity index (χ4v) is 2.93. The molecule has 0 N–H and O–H groups in total. The van der Waals surface area contributed by atoms with Crippen molar-refractivity contribution >= 4 is 27.1 Å². The number of nitro groups is 1. The molecule has 0 atom stereocenters. The normalized spacial score (nSPS) is 11.3. The van der Waals surface area contributed by atoms with Crippen LogP contribution in [0, 0.1) is 10.1 Å². The number of hydrogen-bond donors (Lipinski definition) is 0. The third-order valence-electron chi connectivity index (χ3n) is 2.54. The van der Waals surface area contributed by atoms with Crippen molar-refractivity contribution in [2.75, 3.05) is 18.1 Å². The molecule has 0 unspecified atom stereocenters. The monoisotopic (exact) mass is 321 g/mol. The van der Waals surface area contributed by atoms with E-state index < -0.39 is 14.8 Å². The van der Waals surface area contributed by atoms with Gasteiger partial charge in [-0.1, -0.05) is 13.0 Å². The maximum absolute atomic E-state index is 11.5. The van der Waals surface area contributed by atoms with Crippen LogP contribution in [0.25, 0.3) is 0 Å². The Balaban J connectivity index is 2.75. The molecule has 0 aliphatic rings. The SMILES string of the molecule is CCCS(=O)(=O)CCOc1ccc(CCl)cc1[N+](=O)[O-]. The number of nitro benzene ring substituents is 1. The fraction of sp³-hybridized carbons (Fsp3) is 0.500. The first-order valence-electron chi connectivity index (χ1n) is 6.06. The van der Waals surface area contributed by atoms with E-state index in [4.69, 9.17) is 16.3 Å². The molecule has 0 spiro atoms. The van der Waals surface area contributed by atoms with E-state index in [-0.39, 0.29) is 35.4 Å². The summed E-state index contributed by atoms with van der Waals surface area (Å²) in [5.74, 6) is 0.140. The van der Waals surface area contributed by atoms with Crippen LogP contribution in [0.1, 0.15) is 18.9 Å². The van der Waals surface area contributed by atoms with E-state index in [1.54, 1.807) is 13.0 Å². The number of halogens is 1. The third kappa shape index (κ3) is 4.97. The summed E-state index contributed by atoms with van der Waals surface area (Å²) < 4.78 is 28.2. The second kappa shape index (κ2) is 7.44. The zero-order chi connectivity index (χ0) is 15.2. The lowest BCUT2D eigenvalue weighted by atomic mass is 10.2. The standard InChI is InChI=1S/C12H16ClNO5S/c1-2-6-20(17,18)7-5-19-12-4-3-10(9-13)8-11(12)14(15)16/h3-4,8H,2,5-7,9H2,1H3. The van der Waals surface area contributed by atoms with E-state index in [9.17, 15) is 18.5 Å². The molecule has 6 nitrogen and oxygen atoms in total. The Labute approximate surface area is 122 Å². The molecule has 20 heavy (non-hydrogen) atoms. The molecule has 1 aromatic carbocycles. The van der Waals surface area contributed by atoms with Crippen LogP contribution in [0.4, 0.5) is 5.69 Å². The molecule has 8 heteroatoms. The summed E-state index contributed by atoms with van der Waals surface area (Å²) in [5, 5.41) is 10.9. The van der Waals surface area contributed by atoms with Gasteiger partial charge in [-0.2, -0.15) is 0 Å². The number of nitrogens with zero attached hydrogens (tertiary/aromatic N) is 1. The van der Waals surface area contributed by atoms with Crippen molar-refractivity contribution in [3.63, 3.8) is 0 Å². The number of ether oxygens (including phenoxy) is 1. The zero-order valence-electron chi connectivity index (χ0n) is 11.0. The van der Waals surface area contributed by atoms with Gasteiger partial charge in [0.2, 0.25) is 0 Å². The Bertz CT molecular complexity index is 573. The van der Waals surface area contributed by atoms with E-state index in [0.29, 0.717) is 12.0 Å². The first-order valence-corrected chi connectivity index (χ1v) is 8.41. The van der Waals surface area contributed by atoms with E-state index >= 15 is 0 Å². The van der Waals surface area contributed by atoms with Gasteiger partial charge in [-0.05, 0) is 18.1 Å². The molecule has 0 radical (unpaired) electrons. The lowest BCUT2D eigenvalue weighted by molar-refractivity contribution is -0.385. The third-order valence-corrected chi connectivity index (χ3v) is 4.67. The second-order valence-corrected chi connectivity index (χ2v) is 6.76. The van der Waals surface area contributed by atoms with E-state index in [1.165, 1.54) is 12.1 Å². The second-order valence-electron chi connectivity index (χ2n) is 4.19. The highest BCUT2D eigenvalue weighted by molar-refractivity contribution is 7.91. The minimum atomic E-state index is -3.16. The summed E-state index contributed by atoms with van der Waals surface area (Å²) in [4.78, 5) is 10.3. The zero-order valence-corrected chi connectivity index (χ0v) is 12.6. The van der Waals surface area contributed by atoms with Gasteiger partial charge >= 0.3 is 5.69 Å². The first-order chi connectivity index (χ1) is 9.39. The van der Waals surface area contributed by atoms with Crippen molar-refractivity contribution in [1.29, 1.82) is 0 Å². The molecule has 0 aliphatic heterocycles. The Morgan fingerprint density at radius 2 is 2.05 bits per heavy atom. The van der Waals surface area contributed by atoms with Crippen molar-refractivity contribution in [3.8, 4) is 5.75 Å². The Kier molecular flexibility index (Phi) is 6.22. The first kappa shape index (κ1) is 16.7. The minimum Gasteiger partial charge on any atom is -0.486 e. The highest BCUT2D eigenvalue weighted by atomic mass is 35.5. The predicted octanol–water partition coefficient (Wildman–Crippen LogP) is 2.54. The molecule has 0 heterocycles. The highest BCUT2D eigenvalue weighted by Crippen LogP contribution is 2.28. The molecule has 0 amide bonds. The van der Waals surface area contributed by atoms with Crippen LogP contribution in [0.5, 0.6) is 5.75 Å². The molecule has 0 saturated carbocycles. The van der Waals surface area contributed by atoms with Gasteiger partial charge in [0.05, 0.1) is 16.4 Å². The summed E-state index contributed by atoms with van der Waals surface area (Å²) in [6.07, 6.45) is 0.535. The lowest BCUT2D eigenvalue weighted by Gasteiger charge is -2.08. The van der Waals surface area contributed by atoms with Crippen molar-refractivity contribution < 1.29 is 18.1 Å². The number of hydrogen-bond acceptors (Lipinski definition) is 5.